The first-order valence-corrected chi connectivity index (χ1v) is 9.77. The minimum atomic E-state index is -1.34. The predicted octanol–water partition coefficient (Wildman–Crippen LogP) is 5.73. The lowest BCUT2D eigenvalue weighted by molar-refractivity contribution is 0.0397. The van der Waals surface area contributed by atoms with Crippen LogP contribution in [0.4, 0.5) is 0 Å². The van der Waals surface area contributed by atoms with Crippen LogP contribution in [0, 0.1) is 0 Å². The van der Waals surface area contributed by atoms with Crippen LogP contribution in [0.1, 0.15) is 41.4 Å². The second kappa shape index (κ2) is 11.3. The highest BCUT2D eigenvalue weighted by Crippen LogP contribution is 2.20. The third-order valence-corrected chi connectivity index (χ3v) is 4.80. The van der Waals surface area contributed by atoms with Gasteiger partial charge < -0.3 is 14.9 Å². The van der Waals surface area contributed by atoms with E-state index in [1.165, 1.54) is 42.5 Å². The van der Waals surface area contributed by atoms with Crippen LogP contribution < -0.4 is 0 Å². The molecule has 0 saturated carbocycles. The fourth-order valence-corrected chi connectivity index (χ4v) is 3.05. The first kappa shape index (κ1) is 24.9. The van der Waals surface area contributed by atoms with Crippen LogP contribution in [0.5, 0.6) is 0 Å². The summed E-state index contributed by atoms with van der Waals surface area (Å²) in [7, 11) is 0. The highest BCUT2D eigenvalue weighted by molar-refractivity contribution is 6.35. The minimum Gasteiger partial charge on any atom is -0.478 e. The van der Waals surface area contributed by atoms with E-state index in [0.717, 1.165) is 0 Å². The molecule has 7 nitrogen and oxygen atoms in total. The molecule has 3 aromatic carbocycles. The number of benzene rings is 3. The van der Waals surface area contributed by atoms with E-state index in [0.29, 0.717) is 0 Å². The number of hydrogen-bond donors (Lipinski definition) is 2. The number of carbonyl (C=O) groups excluding carboxylic acids is 2. The molecule has 0 amide bonds. The van der Waals surface area contributed by atoms with Crippen molar-refractivity contribution in [2.75, 3.05) is 0 Å². The monoisotopic (exact) mass is 494 g/mol. The number of esters is 2. The number of carboxylic acid groups (broad SMARTS) is 2. The summed E-state index contributed by atoms with van der Waals surface area (Å²) >= 11 is 17.2. The highest BCUT2D eigenvalue weighted by Gasteiger charge is 2.19. The standard InChI is InChI=1S/C14H8Cl2O3.C8H5ClO4/c15-11-7-3-1-5-9(11)13(17)19-14(18)10-6-2-4-8-12(10)16;9-5-3-1-2-4(7(10)11)6(5)8(12)13/h1-8H;1-3H,(H,10,11)(H,12,13). The second-order valence-corrected chi connectivity index (χ2v) is 7.13. The third kappa shape index (κ3) is 6.31. The Labute approximate surface area is 196 Å². The van der Waals surface area contributed by atoms with Crippen molar-refractivity contribution in [1.82, 2.24) is 0 Å². The average Bonchev–Trinajstić information content (AvgIpc) is 2.74. The van der Waals surface area contributed by atoms with E-state index in [1.54, 1.807) is 24.3 Å². The lowest BCUT2D eigenvalue weighted by atomic mass is 10.1. The Kier molecular flexibility index (Phi) is 8.78. The highest BCUT2D eigenvalue weighted by atomic mass is 35.5. The van der Waals surface area contributed by atoms with Gasteiger partial charge in [-0.2, -0.15) is 0 Å². The first-order chi connectivity index (χ1) is 15.1. The van der Waals surface area contributed by atoms with Gasteiger partial charge in [-0.15, -0.1) is 0 Å². The van der Waals surface area contributed by atoms with Gasteiger partial charge in [0.05, 0.1) is 37.3 Å². The molecule has 0 bridgehead atoms. The number of carboxylic acids is 2. The van der Waals surface area contributed by atoms with Crippen LogP contribution in [0.25, 0.3) is 0 Å². The van der Waals surface area contributed by atoms with Crippen molar-refractivity contribution in [2.45, 2.75) is 0 Å². The zero-order valence-corrected chi connectivity index (χ0v) is 18.2. The van der Waals surface area contributed by atoms with Crippen molar-refractivity contribution < 1.29 is 34.1 Å². The zero-order chi connectivity index (χ0) is 23.8. The van der Waals surface area contributed by atoms with Gasteiger partial charge in [-0.25, -0.2) is 19.2 Å². The number of halogens is 3. The van der Waals surface area contributed by atoms with Gasteiger partial charge in [0.1, 0.15) is 0 Å². The number of ether oxygens (including phenoxy) is 1. The van der Waals surface area contributed by atoms with Crippen molar-refractivity contribution in [3.63, 3.8) is 0 Å². The molecule has 3 aromatic rings. The topological polar surface area (TPSA) is 118 Å². The van der Waals surface area contributed by atoms with Crippen molar-refractivity contribution in [1.29, 1.82) is 0 Å². The molecule has 0 atom stereocenters. The molecule has 0 aliphatic rings. The van der Waals surface area contributed by atoms with Crippen LogP contribution in [0.15, 0.2) is 66.7 Å². The molecule has 0 aliphatic heterocycles. The molecule has 0 aromatic heterocycles. The summed E-state index contributed by atoms with van der Waals surface area (Å²) in [5.41, 5.74) is -0.425. The summed E-state index contributed by atoms with van der Waals surface area (Å²) in [4.78, 5) is 44.7. The molecule has 0 saturated heterocycles. The Balaban J connectivity index is 0.000000244. The average molecular weight is 496 g/mol. The van der Waals surface area contributed by atoms with E-state index in [2.05, 4.69) is 0 Å². The Morgan fingerprint density at radius 2 is 0.969 bits per heavy atom. The predicted molar refractivity (Wildman–Crippen MR) is 118 cm³/mol. The molecule has 3 rings (SSSR count). The van der Waals surface area contributed by atoms with Gasteiger partial charge in [0.25, 0.3) is 0 Å². The van der Waals surface area contributed by atoms with Crippen LogP contribution in [-0.2, 0) is 4.74 Å². The Morgan fingerprint density at radius 3 is 1.34 bits per heavy atom. The van der Waals surface area contributed by atoms with Gasteiger partial charge >= 0.3 is 23.9 Å². The Bertz CT molecular complexity index is 1140. The van der Waals surface area contributed by atoms with E-state index in [-0.39, 0.29) is 37.3 Å². The van der Waals surface area contributed by atoms with Gasteiger partial charge in [-0.1, -0.05) is 65.1 Å². The van der Waals surface area contributed by atoms with Crippen molar-refractivity contribution in [3.05, 3.63) is 104 Å². The maximum absolute atomic E-state index is 11.8. The molecule has 0 spiro atoms. The number of aromatic carboxylic acids is 2. The van der Waals surface area contributed by atoms with Gasteiger partial charge in [0, 0.05) is 0 Å². The maximum atomic E-state index is 11.8. The van der Waals surface area contributed by atoms with Gasteiger partial charge in [0.2, 0.25) is 0 Å². The summed E-state index contributed by atoms with van der Waals surface area (Å²) < 4.78 is 4.74. The molecule has 0 aliphatic carbocycles. The molecular formula is C22H13Cl3O7. The van der Waals surface area contributed by atoms with Crippen molar-refractivity contribution in [2.24, 2.45) is 0 Å². The van der Waals surface area contributed by atoms with Gasteiger partial charge in [-0.05, 0) is 36.4 Å². The van der Waals surface area contributed by atoms with Crippen molar-refractivity contribution >= 4 is 58.7 Å². The van der Waals surface area contributed by atoms with Crippen LogP contribution >= 0.6 is 34.8 Å². The Hall–Kier alpha value is -3.39. The number of rotatable bonds is 4. The Morgan fingerprint density at radius 1 is 0.562 bits per heavy atom. The minimum absolute atomic E-state index is 0.0765. The molecule has 10 heteroatoms. The molecule has 164 valence electrons. The normalized spacial score (nSPS) is 9.84. The summed E-state index contributed by atoms with van der Waals surface area (Å²) in [5, 5.41) is 17.6. The van der Waals surface area contributed by atoms with E-state index in [4.69, 9.17) is 49.8 Å². The molecule has 0 fully saturated rings. The number of carbonyl (C=O) groups is 4. The molecule has 2 N–H and O–H groups in total. The summed E-state index contributed by atoms with van der Waals surface area (Å²) in [5.74, 6) is -4.27. The zero-order valence-electron chi connectivity index (χ0n) is 15.9. The van der Waals surface area contributed by atoms with E-state index < -0.39 is 23.9 Å². The largest absolute Gasteiger partial charge is 0.478 e. The first-order valence-electron chi connectivity index (χ1n) is 8.64. The van der Waals surface area contributed by atoms with E-state index in [9.17, 15) is 19.2 Å². The smallest absolute Gasteiger partial charge is 0.347 e. The van der Waals surface area contributed by atoms with Gasteiger partial charge in [0.15, 0.2) is 0 Å². The second-order valence-electron chi connectivity index (χ2n) is 5.91. The fourth-order valence-electron chi connectivity index (χ4n) is 2.37. The van der Waals surface area contributed by atoms with Gasteiger partial charge in [-0.3, -0.25) is 0 Å². The lowest BCUT2D eigenvalue weighted by Crippen LogP contribution is -2.13. The summed E-state index contributed by atoms with van der Waals surface area (Å²) in [6.45, 7) is 0. The number of hydrogen-bond acceptors (Lipinski definition) is 5. The van der Waals surface area contributed by atoms with E-state index >= 15 is 0 Å². The molecular weight excluding hydrogens is 483 g/mol. The van der Waals surface area contributed by atoms with Crippen LogP contribution in [0.3, 0.4) is 0 Å². The molecule has 0 heterocycles. The SMILES string of the molecule is O=C(O)c1cccc(Cl)c1C(=O)O.O=C(OC(=O)c1ccccc1Cl)c1ccccc1Cl. The summed E-state index contributed by atoms with van der Waals surface area (Å²) in [6.07, 6.45) is 0. The third-order valence-electron chi connectivity index (χ3n) is 3.83. The quantitative estimate of drug-likeness (QED) is 0.351. The van der Waals surface area contributed by atoms with Crippen LogP contribution in [0.2, 0.25) is 15.1 Å². The molecule has 0 radical (unpaired) electrons. The fraction of sp³-hybridized carbons (Fsp3) is 0. The maximum Gasteiger partial charge on any atom is 0.347 e. The van der Waals surface area contributed by atoms with Crippen LogP contribution in [-0.4, -0.2) is 34.1 Å². The van der Waals surface area contributed by atoms with E-state index in [1.807, 2.05) is 0 Å². The summed E-state index contributed by atoms with van der Waals surface area (Å²) in [6, 6.07) is 16.5. The molecule has 32 heavy (non-hydrogen) atoms. The molecule has 0 unspecified atom stereocenters. The van der Waals surface area contributed by atoms with Crippen molar-refractivity contribution in [3.8, 4) is 0 Å². The lowest BCUT2D eigenvalue weighted by Gasteiger charge is -2.05.